The van der Waals surface area contributed by atoms with Crippen molar-refractivity contribution in [1.82, 2.24) is 9.72 Å². The van der Waals surface area contributed by atoms with Gasteiger partial charge in [0.2, 0.25) is 0 Å². The normalized spacial score (nSPS) is 11.1. The maximum atomic E-state index is 5.77. The van der Waals surface area contributed by atoms with Crippen LogP contribution >= 0.6 is 0 Å². The molecule has 0 radical (unpaired) electrons. The Hall–Kier alpha value is -2.23. The second-order valence-corrected chi connectivity index (χ2v) is 3.81. The summed E-state index contributed by atoms with van der Waals surface area (Å²) in [6.45, 7) is 0. The van der Waals surface area contributed by atoms with Crippen LogP contribution in [0.25, 0.3) is 22.2 Å². The van der Waals surface area contributed by atoms with Gasteiger partial charge in [-0.05, 0) is 17.5 Å². The molecule has 4 heteroatoms. The van der Waals surface area contributed by atoms with Crippen LogP contribution in [0.5, 0.6) is 0 Å². The quantitative estimate of drug-likeness (QED) is 0.675. The van der Waals surface area contributed by atoms with E-state index in [0.717, 1.165) is 11.1 Å². The monoisotopic (exact) mass is 213 g/mol. The number of nitrogens with two attached hydrogens (primary N) is 1. The van der Waals surface area contributed by atoms with Gasteiger partial charge in [-0.3, -0.25) is 0 Å². The number of anilines is 1. The highest BCUT2D eigenvalue weighted by Crippen LogP contribution is 2.28. The minimum absolute atomic E-state index is 0.563. The van der Waals surface area contributed by atoms with Crippen molar-refractivity contribution in [2.45, 2.75) is 0 Å². The molecule has 0 saturated carbocycles. The van der Waals surface area contributed by atoms with Gasteiger partial charge in [0.1, 0.15) is 5.69 Å². The second kappa shape index (κ2) is 3.13. The van der Waals surface area contributed by atoms with Crippen molar-refractivity contribution >= 4 is 16.6 Å². The van der Waals surface area contributed by atoms with Crippen LogP contribution in [0.4, 0.5) is 5.69 Å². The standard InChI is InChI=1S/C12H11N3O/c1-15-5-4-8-2-3-9(6-11(8)15)12-10(13)7-14-16-12/h2-7H,13H2,1H3. The van der Waals surface area contributed by atoms with E-state index in [2.05, 4.69) is 15.8 Å². The molecule has 0 aliphatic heterocycles. The Bertz CT molecular complexity index is 651. The average Bonchev–Trinajstić information content (AvgIpc) is 2.86. The summed E-state index contributed by atoms with van der Waals surface area (Å²) in [5.41, 5.74) is 8.43. The summed E-state index contributed by atoms with van der Waals surface area (Å²) < 4.78 is 7.19. The van der Waals surface area contributed by atoms with Crippen molar-refractivity contribution in [3.63, 3.8) is 0 Å². The molecule has 0 amide bonds. The molecule has 0 fully saturated rings. The predicted molar refractivity (Wildman–Crippen MR) is 62.8 cm³/mol. The third kappa shape index (κ3) is 1.20. The highest BCUT2D eigenvalue weighted by atomic mass is 16.5. The van der Waals surface area contributed by atoms with Gasteiger partial charge < -0.3 is 14.8 Å². The molecular formula is C12H11N3O. The lowest BCUT2D eigenvalue weighted by atomic mass is 10.1. The third-order valence-electron chi connectivity index (χ3n) is 2.75. The number of nitrogens with zero attached hydrogens (tertiary/aromatic N) is 2. The Morgan fingerprint density at radius 3 is 2.94 bits per heavy atom. The van der Waals surface area contributed by atoms with Crippen molar-refractivity contribution in [3.8, 4) is 11.3 Å². The molecule has 2 heterocycles. The molecule has 80 valence electrons. The van der Waals surface area contributed by atoms with Crippen molar-refractivity contribution in [3.05, 3.63) is 36.7 Å². The fourth-order valence-corrected chi connectivity index (χ4v) is 1.87. The van der Waals surface area contributed by atoms with E-state index in [1.165, 1.54) is 11.6 Å². The van der Waals surface area contributed by atoms with E-state index in [0.29, 0.717) is 11.4 Å². The van der Waals surface area contributed by atoms with Gasteiger partial charge in [-0.2, -0.15) is 0 Å². The van der Waals surface area contributed by atoms with Crippen LogP contribution in [0.15, 0.2) is 41.2 Å². The molecule has 2 aromatic heterocycles. The van der Waals surface area contributed by atoms with Crippen molar-refractivity contribution in [2.75, 3.05) is 5.73 Å². The maximum absolute atomic E-state index is 5.77. The van der Waals surface area contributed by atoms with Gasteiger partial charge in [-0.1, -0.05) is 17.3 Å². The number of aryl methyl sites for hydroxylation is 1. The Morgan fingerprint density at radius 2 is 2.19 bits per heavy atom. The first-order valence-corrected chi connectivity index (χ1v) is 5.01. The molecule has 3 rings (SSSR count). The summed E-state index contributed by atoms with van der Waals surface area (Å²) in [7, 11) is 2.01. The highest BCUT2D eigenvalue weighted by molar-refractivity contribution is 5.86. The molecule has 0 unspecified atom stereocenters. The lowest BCUT2D eigenvalue weighted by Crippen LogP contribution is -1.87. The molecule has 0 saturated heterocycles. The van der Waals surface area contributed by atoms with Crippen LogP contribution in [-0.2, 0) is 7.05 Å². The van der Waals surface area contributed by atoms with E-state index in [9.17, 15) is 0 Å². The number of fused-ring (bicyclic) bond motifs is 1. The van der Waals surface area contributed by atoms with E-state index in [1.807, 2.05) is 31.4 Å². The molecule has 0 aliphatic rings. The van der Waals surface area contributed by atoms with Gasteiger partial charge in [0.25, 0.3) is 0 Å². The molecule has 2 N–H and O–H groups in total. The number of nitrogen functional groups attached to an aromatic ring is 1. The summed E-state index contributed by atoms with van der Waals surface area (Å²) in [6, 6.07) is 8.15. The third-order valence-corrected chi connectivity index (χ3v) is 2.75. The lowest BCUT2D eigenvalue weighted by molar-refractivity contribution is 0.432. The van der Waals surface area contributed by atoms with Gasteiger partial charge in [-0.25, -0.2) is 0 Å². The van der Waals surface area contributed by atoms with E-state index < -0.39 is 0 Å². The van der Waals surface area contributed by atoms with Gasteiger partial charge >= 0.3 is 0 Å². The summed E-state index contributed by atoms with van der Waals surface area (Å²) in [6.07, 6.45) is 3.54. The highest BCUT2D eigenvalue weighted by Gasteiger charge is 2.09. The van der Waals surface area contributed by atoms with E-state index in [-0.39, 0.29) is 0 Å². The zero-order valence-corrected chi connectivity index (χ0v) is 8.84. The van der Waals surface area contributed by atoms with Gasteiger partial charge in [-0.15, -0.1) is 0 Å². The molecule has 0 atom stereocenters. The summed E-state index contributed by atoms with van der Waals surface area (Å²) >= 11 is 0. The minimum Gasteiger partial charge on any atom is -0.394 e. The fraction of sp³-hybridized carbons (Fsp3) is 0.0833. The first-order chi connectivity index (χ1) is 7.75. The smallest absolute Gasteiger partial charge is 0.189 e. The van der Waals surface area contributed by atoms with E-state index in [1.54, 1.807) is 0 Å². The van der Waals surface area contributed by atoms with E-state index in [4.69, 9.17) is 10.3 Å². The van der Waals surface area contributed by atoms with Crippen molar-refractivity contribution in [1.29, 1.82) is 0 Å². The fourth-order valence-electron chi connectivity index (χ4n) is 1.87. The van der Waals surface area contributed by atoms with Gasteiger partial charge in [0.05, 0.1) is 6.20 Å². The van der Waals surface area contributed by atoms with Crippen LogP contribution in [0.2, 0.25) is 0 Å². The largest absolute Gasteiger partial charge is 0.394 e. The molecule has 3 aromatic rings. The van der Waals surface area contributed by atoms with Gasteiger partial charge in [0.15, 0.2) is 5.76 Å². The molecule has 0 spiro atoms. The second-order valence-electron chi connectivity index (χ2n) is 3.81. The lowest BCUT2D eigenvalue weighted by Gasteiger charge is -2.00. The number of hydrogen-bond donors (Lipinski definition) is 1. The van der Waals surface area contributed by atoms with Gasteiger partial charge in [0, 0.05) is 24.3 Å². The maximum Gasteiger partial charge on any atom is 0.189 e. The first kappa shape index (κ1) is 9.03. The van der Waals surface area contributed by atoms with Crippen LogP contribution in [0.1, 0.15) is 0 Å². The Kier molecular flexibility index (Phi) is 1.77. The number of benzene rings is 1. The van der Waals surface area contributed by atoms with Crippen LogP contribution < -0.4 is 5.73 Å². The molecular weight excluding hydrogens is 202 g/mol. The minimum atomic E-state index is 0.563. The van der Waals surface area contributed by atoms with Crippen LogP contribution in [0, 0.1) is 0 Å². The number of rotatable bonds is 1. The zero-order chi connectivity index (χ0) is 11.1. The number of hydrogen-bond acceptors (Lipinski definition) is 3. The van der Waals surface area contributed by atoms with Crippen molar-refractivity contribution < 1.29 is 4.52 Å². The zero-order valence-electron chi connectivity index (χ0n) is 8.84. The number of aromatic nitrogens is 2. The van der Waals surface area contributed by atoms with Crippen molar-refractivity contribution in [2.24, 2.45) is 7.05 Å². The Balaban J connectivity index is 2.25. The van der Waals surface area contributed by atoms with Crippen LogP contribution in [-0.4, -0.2) is 9.72 Å². The molecule has 0 aliphatic carbocycles. The molecule has 4 nitrogen and oxygen atoms in total. The Labute approximate surface area is 92.3 Å². The summed E-state index contributed by atoms with van der Waals surface area (Å²) in [4.78, 5) is 0. The Morgan fingerprint density at radius 1 is 1.31 bits per heavy atom. The summed E-state index contributed by atoms with van der Waals surface area (Å²) in [5.74, 6) is 0.628. The summed E-state index contributed by atoms with van der Waals surface area (Å²) in [5, 5.41) is 4.88. The molecule has 16 heavy (non-hydrogen) atoms. The van der Waals surface area contributed by atoms with E-state index >= 15 is 0 Å². The first-order valence-electron chi connectivity index (χ1n) is 5.01. The van der Waals surface area contributed by atoms with Crippen LogP contribution in [0.3, 0.4) is 0 Å². The molecule has 1 aromatic carbocycles. The topological polar surface area (TPSA) is 57.0 Å². The molecule has 0 bridgehead atoms. The SMILES string of the molecule is Cn1ccc2ccc(-c3oncc3N)cc21. The average molecular weight is 213 g/mol. The predicted octanol–water partition coefficient (Wildman–Crippen LogP) is 2.42.